The molecule has 5 unspecified atom stereocenters. The van der Waals surface area contributed by atoms with Crippen molar-refractivity contribution in [1.82, 2.24) is 5.32 Å². The number of nitrogens with one attached hydrogen (secondary N) is 1. The van der Waals surface area contributed by atoms with Gasteiger partial charge < -0.3 is 15.8 Å². The number of nitrogens with zero attached hydrogens (tertiary/aromatic N) is 4. The van der Waals surface area contributed by atoms with E-state index < -0.39 is 6.17 Å². The van der Waals surface area contributed by atoms with Crippen molar-refractivity contribution in [3.63, 3.8) is 0 Å². The van der Waals surface area contributed by atoms with E-state index in [1.807, 2.05) is 54.6 Å². The van der Waals surface area contributed by atoms with E-state index in [1.54, 1.807) is 11.3 Å². The Kier molecular flexibility index (Phi) is 10.0. The predicted molar refractivity (Wildman–Crippen MR) is 261 cm³/mol. The predicted octanol–water partition coefficient (Wildman–Crippen LogP) is 12.4. The minimum absolute atomic E-state index is 0.0187. The lowest BCUT2D eigenvalue weighted by molar-refractivity contribution is 0.0750. The molecule has 3 heterocycles. The van der Waals surface area contributed by atoms with Crippen molar-refractivity contribution in [2.45, 2.75) is 50.5 Å². The zero-order chi connectivity index (χ0) is 42.3. The van der Waals surface area contributed by atoms with Crippen LogP contribution in [0, 0.1) is 5.41 Å². The maximum Gasteiger partial charge on any atom is 0.169 e. The molecule has 1 saturated carbocycles. The first-order valence-electron chi connectivity index (χ1n) is 21.8. The minimum Gasteiger partial charge on any atom is -0.489 e. The Balaban J connectivity index is 0.988. The van der Waals surface area contributed by atoms with Gasteiger partial charge in [0.15, 0.2) is 12.3 Å². The van der Waals surface area contributed by atoms with Gasteiger partial charge in [-0.25, -0.2) is 15.0 Å². The van der Waals surface area contributed by atoms with Crippen LogP contribution in [-0.4, -0.2) is 29.8 Å². The van der Waals surface area contributed by atoms with E-state index in [0.717, 1.165) is 81.0 Å². The molecule has 1 aliphatic carbocycles. The van der Waals surface area contributed by atoms with Gasteiger partial charge in [-0.05, 0) is 53.8 Å². The average molecular weight is 839 g/mol. The minimum atomic E-state index is -0.550. The number of para-hydroxylation sites is 1. The molecule has 1 aromatic heterocycles. The highest BCUT2D eigenvalue weighted by atomic mass is 32.1. The third-order valence-electron chi connectivity index (χ3n) is 12.8. The molecule has 3 N–H and O–H groups in total. The van der Waals surface area contributed by atoms with Gasteiger partial charge in [0.25, 0.3) is 0 Å². The molecule has 0 spiro atoms. The molecule has 3 aliphatic rings. The summed E-state index contributed by atoms with van der Waals surface area (Å²) in [6, 6.07) is 60.8. The monoisotopic (exact) mass is 838 g/mol. The van der Waals surface area contributed by atoms with Crippen LogP contribution in [-0.2, 0) is 0 Å². The molecule has 7 aromatic carbocycles. The van der Waals surface area contributed by atoms with Crippen molar-refractivity contribution >= 4 is 55.2 Å². The van der Waals surface area contributed by atoms with Crippen molar-refractivity contribution in [2.24, 2.45) is 31.1 Å². The van der Waals surface area contributed by atoms with Gasteiger partial charge >= 0.3 is 0 Å². The fourth-order valence-corrected chi connectivity index (χ4v) is 10.8. The molecule has 11 rings (SSSR count). The van der Waals surface area contributed by atoms with E-state index in [0.29, 0.717) is 11.8 Å². The number of hydrogen-bond acceptors (Lipinski definition) is 7. The molecule has 0 radical (unpaired) electrons. The molecular weight excluding hydrogens is 793 g/mol. The van der Waals surface area contributed by atoms with E-state index in [4.69, 9.17) is 30.4 Å². The molecule has 5 atom stereocenters. The fourth-order valence-electron chi connectivity index (χ4n) is 9.66. The maximum atomic E-state index is 7.26. The Bertz CT molecular complexity index is 3090. The molecule has 8 heteroatoms. The first kappa shape index (κ1) is 38.7. The van der Waals surface area contributed by atoms with Crippen molar-refractivity contribution in [3.05, 3.63) is 209 Å². The number of amidine groups is 3. The van der Waals surface area contributed by atoms with Gasteiger partial charge in [-0.2, -0.15) is 0 Å². The van der Waals surface area contributed by atoms with Gasteiger partial charge in [0.05, 0.1) is 0 Å². The lowest BCUT2D eigenvalue weighted by Crippen LogP contribution is -2.42. The second-order valence-electron chi connectivity index (χ2n) is 16.9. The van der Waals surface area contributed by atoms with E-state index in [2.05, 4.69) is 140 Å². The third-order valence-corrected chi connectivity index (χ3v) is 14.0. The van der Waals surface area contributed by atoms with Crippen LogP contribution in [0.5, 0.6) is 5.75 Å². The van der Waals surface area contributed by atoms with Crippen LogP contribution in [0.4, 0.5) is 0 Å². The second kappa shape index (κ2) is 16.3. The van der Waals surface area contributed by atoms with E-state index in [-0.39, 0.29) is 17.7 Å². The quantitative estimate of drug-likeness (QED) is 0.112. The number of fused-ring (bicyclic) bond motifs is 6. The number of thiophene rings is 1. The van der Waals surface area contributed by atoms with Crippen molar-refractivity contribution < 1.29 is 4.74 Å². The summed E-state index contributed by atoms with van der Waals surface area (Å²) in [7, 11) is 0. The Morgan fingerprint density at radius 3 is 2.16 bits per heavy atom. The number of aliphatic imine (C=N–C) groups is 4. The first-order chi connectivity index (χ1) is 31.0. The summed E-state index contributed by atoms with van der Waals surface area (Å²) in [4.78, 5) is 20.8. The molecular formula is C55H46N6OS. The van der Waals surface area contributed by atoms with Crippen LogP contribution < -0.4 is 15.8 Å². The Morgan fingerprint density at radius 2 is 1.38 bits per heavy atom. The highest BCUT2D eigenvalue weighted by Crippen LogP contribution is 2.52. The summed E-state index contributed by atoms with van der Waals surface area (Å²) in [6.45, 7) is 2.29. The lowest BCUT2D eigenvalue weighted by atomic mass is 9.68. The lowest BCUT2D eigenvalue weighted by Gasteiger charge is -2.39. The number of hydrogen-bond donors (Lipinski definition) is 2. The van der Waals surface area contributed by atoms with E-state index in [1.165, 1.54) is 20.3 Å². The van der Waals surface area contributed by atoms with E-state index in [9.17, 15) is 0 Å². The summed E-state index contributed by atoms with van der Waals surface area (Å²) < 4.78 is 9.09. The number of benzene rings is 7. The van der Waals surface area contributed by atoms with Gasteiger partial charge in [0, 0.05) is 65.5 Å². The summed E-state index contributed by atoms with van der Waals surface area (Å²) in [6.07, 6.45) is 4.43. The largest absolute Gasteiger partial charge is 0.489 e. The molecule has 0 amide bonds. The fraction of sp³-hybridized carbons (Fsp3) is 0.164. The highest BCUT2D eigenvalue weighted by molar-refractivity contribution is 7.26. The average Bonchev–Trinajstić information content (AvgIpc) is 3.93. The van der Waals surface area contributed by atoms with Crippen LogP contribution in [0.3, 0.4) is 0 Å². The van der Waals surface area contributed by atoms with Crippen LogP contribution in [0.25, 0.3) is 31.3 Å². The zero-order valence-electron chi connectivity index (χ0n) is 34.9. The van der Waals surface area contributed by atoms with Crippen LogP contribution in [0.2, 0.25) is 0 Å². The van der Waals surface area contributed by atoms with Crippen LogP contribution in [0.1, 0.15) is 77.8 Å². The van der Waals surface area contributed by atoms with Crippen LogP contribution >= 0.6 is 11.3 Å². The summed E-state index contributed by atoms with van der Waals surface area (Å²) >= 11 is 1.79. The molecule has 0 bridgehead atoms. The number of ether oxygens (including phenoxy) is 1. The second-order valence-corrected chi connectivity index (χ2v) is 18.0. The van der Waals surface area contributed by atoms with Gasteiger partial charge in [0.2, 0.25) is 0 Å². The normalized spacial score (nSPS) is 21.3. The van der Waals surface area contributed by atoms with E-state index >= 15 is 0 Å². The molecule has 8 aromatic rings. The van der Waals surface area contributed by atoms with Crippen molar-refractivity contribution in [2.75, 3.05) is 0 Å². The van der Waals surface area contributed by atoms with Gasteiger partial charge in [0.1, 0.15) is 29.4 Å². The maximum absolute atomic E-state index is 7.26. The Labute approximate surface area is 371 Å². The Morgan fingerprint density at radius 1 is 0.730 bits per heavy atom. The van der Waals surface area contributed by atoms with Gasteiger partial charge in [-0.15, -0.1) is 11.3 Å². The van der Waals surface area contributed by atoms with Crippen molar-refractivity contribution in [1.29, 1.82) is 0 Å². The number of nitrogens with two attached hydrogens (primary N) is 1. The van der Waals surface area contributed by atoms with Gasteiger partial charge in [-0.1, -0.05) is 165 Å². The molecule has 0 saturated heterocycles. The summed E-state index contributed by atoms with van der Waals surface area (Å²) in [5, 5.41) is 5.91. The molecule has 308 valence electrons. The van der Waals surface area contributed by atoms with Crippen molar-refractivity contribution in [3.8, 4) is 16.9 Å². The molecule has 1 fully saturated rings. The first-order valence-corrected chi connectivity index (χ1v) is 22.6. The molecule has 2 aliphatic heterocycles. The molecule has 7 nitrogen and oxygen atoms in total. The zero-order valence-corrected chi connectivity index (χ0v) is 35.8. The summed E-state index contributed by atoms with van der Waals surface area (Å²) in [5.41, 5.74) is 15.2. The standard InChI is InChI=1S/C55H46N6OS/c1-55(33-15-24-41-40-22-11-13-25-44(40)62-49(41)55)34-57-51(36-16-5-2-6-17-36)58-50(56)43-31-32-46-48(42-23-12-14-26-45(42)63-46)47(43)35-27-29-39(30-28-35)54-60-52(37-18-7-3-8-19-37)59-53(61-54)38-20-9-4-10-21-38/h2-14,16-23,25-32,34,41,49,51-52H,15,24,33H2,1H3,(H2,56,58)(H,59,60,61). The Hall–Kier alpha value is -7.16. The SMILES string of the molecule is CC1(C=NC(N=C(N)c2ccc3sc4ccccc4c3c2-c2ccc(C3=NC(c4ccccc4)N=C(c4ccccc4)N3)cc2)c2ccccc2)CCCC2c3ccccc3OC21. The third kappa shape index (κ3) is 7.30. The van der Waals surface area contributed by atoms with Crippen LogP contribution in [0.15, 0.2) is 196 Å². The molecule has 63 heavy (non-hydrogen) atoms. The highest BCUT2D eigenvalue weighted by Gasteiger charge is 2.48. The van der Waals surface area contributed by atoms with Gasteiger partial charge in [-0.3, -0.25) is 4.99 Å². The smallest absolute Gasteiger partial charge is 0.169 e. The topological polar surface area (TPSA) is 96.7 Å². The summed E-state index contributed by atoms with van der Waals surface area (Å²) in [5.74, 6) is 3.33. The number of rotatable bonds is 9.